The predicted octanol–water partition coefficient (Wildman–Crippen LogP) is 5.72. The molecule has 9 heteroatoms. The van der Waals surface area contributed by atoms with Crippen molar-refractivity contribution in [1.82, 2.24) is 10.2 Å². The smallest absolute Gasteiger partial charge is 0.254 e. The fourth-order valence-electron chi connectivity index (χ4n) is 3.89. The van der Waals surface area contributed by atoms with Crippen molar-refractivity contribution in [3.05, 3.63) is 81.6 Å². The summed E-state index contributed by atoms with van der Waals surface area (Å²) in [6.45, 7) is 12.2. The van der Waals surface area contributed by atoms with Crippen LogP contribution in [-0.4, -0.2) is 71.9 Å². The topological polar surface area (TPSA) is 93.1 Å². The van der Waals surface area contributed by atoms with Gasteiger partial charge in [0.1, 0.15) is 0 Å². The van der Waals surface area contributed by atoms with Gasteiger partial charge >= 0.3 is 0 Å². The number of carbonyl (C=O) groups is 2. The molecule has 1 aliphatic heterocycles. The maximum absolute atomic E-state index is 12.6. The number of carbonyl (C=O) groups excluding carboxylic acids is 2. The van der Waals surface area contributed by atoms with Crippen LogP contribution in [0.3, 0.4) is 0 Å². The highest BCUT2D eigenvalue weighted by Gasteiger charge is 2.34. The number of aliphatic hydroxyl groups excluding tert-OH is 2. The maximum Gasteiger partial charge on any atom is 0.254 e. The van der Waals surface area contributed by atoms with Crippen molar-refractivity contribution in [2.45, 2.75) is 59.7 Å². The van der Waals surface area contributed by atoms with Gasteiger partial charge in [0.05, 0.1) is 10.7 Å². The molecule has 0 spiro atoms. The predicted molar refractivity (Wildman–Crippen MR) is 174 cm³/mol. The second kappa shape index (κ2) is 20.9. The normalized spacial score (nSPS) is 14.8. The molecule has 2 atom stereocenters. The molecule has 7 nitrogen and oxygen atoms in total. The maximum atomic E-state index is 12.6. The van der Waals surface area contributed by atoms with Gasteiger partial charge in [0, 0.05) is 37.6 Å². The quantitative estimate of drug-likeness (QED) is 0.302. The number of halogens is 1. The monoisotopic (exact) mass is 603 g/mol. The first kappa shape index (κ1) is 36.1. The van der Waals surface area contributed by atoms with E-state index >= 15 is 0 Å². The molecule has 2 amide bonds. The van der Waals surface area contributed by atoms with Gasteiger partial charge in [0.25, 0.3) is 11.8 Å². The Morgan fingerprint density at radius 1 is 1.05 bits per heavy atom. The van der Waals surface area contributed by atoms with Crippen molar-refractivity contribution >= 4 is 46.5 Å². The number of nitrogens with zero attached hydrogens (tertiary/aromatic N) is 2. The number of rotatable bonds is 10. The first-order valence-corrected chi connectivity index (χ1v) is 15.5. The molecule has 41 heavy (non-hydrogen) atoms. The number of hydrogen-bond acceptors (Lipinski definition) is 6. The van der Waals surface area contributed by atoms with E-state index < -0.39 is 24.0 Å². The van der Waals surface area contributed by atoms with Crippen molar-refractivity contribution in [3.8, 4) is 0 Å². The lowest BCUT2D eigenvalue weighted by Crippen LogP contribution is -2.55. The van der Waals surface area contributed by atoms with Crippen molar-refractivity contribution < 1.29 is 19.8 Å². The Morgan fingerprint density at radius 2 is 1.73 bits per heavy atom. The van der Waals surface area contributed by atoms with Crippen LogP contribution in [0.2, 0.25) is 5.02 Å². The third kappa shape index (κ3) is 12.6. The molecule has 0 aliphatic carbocycles. The minimum Gasteiger partial charge on any atom is -0.380 e. The SMILES string of the molecule is C/C=C/c1csc(CCNC(=O)C(O)[C@@H](O)C(=O)N2CCN(c3ccccc3Cl)CC2)c1.C/C=C\C=C/CC.CC. The van der Waals surface area contributed by atoms with Gasteiger partial charge in [-0.3, -0.25) is 9.59 Å². The van der Waals surface area contributed by atoms with Crippen LogP contribution in [0.25, 0.3) is 6.08 Å². The van der Waals surface area contributed by atoms with E-state index in [0.29, 0.717) is 44.2 Å². The summed E-state index contributed by atoms with van der Waals surface area (Å²) in [5, 5.41) is 25.7. The molecule has 1 fully saturated rings. The lowest BCUT2D eigenvalue weighted by atomic mass is 10.1. The van der Waals surface area contributed by atoms with Crippen LogP contribution < -0.4 is 10.2 Å². The number of piperazine rings is 1. The highest BCUT2D eigenvalue weighted by Crippen LogP contribution is 2.26. The molecule has 3 N–H and O–H groups in total. The first-order valence-electron chi connectivity index (χ1n) is 14.2. The number of para-hydroxylation sites is 1. The highest BCUT2D eigenvalue weighted by molar-refractivity contribution is 7.10. The number of thiophene rings is 1. The van der Waals surface area contributed by atoms with Gasteiger partial charge < -0.3 is 25.3 Å². The van der Waals surface area contributed by atoms with Gasteiger partial charge in [-0.1, -0.05) is 81.0 Å². The molecule has 0 saturated carbocycles. The summed E-state index contributed by atoms with van der Waals surface area (Å²) in [4.78, 5) is 29.4. The third-order valence-electron chi connectivity index (χ3n) is 5.98. The van der Waals surface area contributed by atoms with Gasteiger partial charge in [0.15, 0.2) is 12.2 Å². The molecule has 1 saturated heterocycles. The van der Waals surface area contributed by atoms with E-state index in [-0.39, 0.29) is 0 Å². The summed E-state index contributed by atoms with van der Waals surface area (Å²) in [7, 11) is 0. The molecule has 226 valence electrons. The molecule has 1 aromatic heterocycles. The van der Waals surface area contributed by atoms with Crippen molar-refractivity contribution in [2.75, 3.05) is 37.6 Å². The summed E-state index contributed by atoms with van der Waals surface area (Å²) in [5.41, 5.74) is 2.00. The average Bonchev–Trinajstić information content (AvgIpc) is 3.45. The number of allylic oxidation sites excluding steroid dienone is 5. The summed E-state index contributed by atoms with van der Waals surface area (Å²) in [6, 6.07) is 9.52. The fourth-order valence-corrected chi connectivity index (χ4v) is 5.00. The molecule has 3 rings (SSSR count). The molecule has 1 aromatic carbocycles. The van der Waals surface area contributed by atoms with Gasteiger partial charge in [-0.05, 0) is 55.8 Å². The van der Waals surface area contributed by atoms with Crippen LogP contribution in [-0.2, 0) is 16.0 Å². The first-order chi connectivity index (χ1) is 19.8. The van der Waals surface area contributed by atoms with E-state index in [2.05, 4.69) is 29.3 Å². The van der Waals surface area contributed by atoms with Crippen LogP contribution >= 0.6 is 22.9 Å². The number of aliphatic hydroxyl groups is 2. The van der Waals surface area contributed by atoms with Crippen LogP contribution in [0.15, 0.2) is 66.1 Å². The van der Waals surface area contributed by atoms with E-state index in [1.54, 1.807) is 11.3 Å². The van der Waals surface area contributed by atoms with Gasteiger partial charge in [0.2, 0.25) is 0 Å². The van der Waals surface area contributed by atoms with Crippen LogP contribution in [0.5, 0.6) is 0 Å². The van der Waals surface area contributed by atoms with E-state index in [9.17, 15) is 19.8 Å². The molecule has 0 radical (unpaired) electrons. The van der Waals surface area contributed by atoms with Gasteiger partial charge in [-0.25, -0.2) is 0 Å². The van der Waals surface area contributed by atoms with Crippen LogP contribution in [0, 0.1) is 0 Å². The van der Waals surface area contributed by atoms with Crippen molar-refractivity contribution in [2.24, 2.45) is 0 Å². The summed E-state index contributed by atoms with van der Waals surface area (Å²) in [6.07, 6.45) is 10.3. The number of amides is 2. The molecule has 2 heterocycles. The number of hydrogen-bond donors (Lipinski definition) is 3. The largest absolute Gasteiger partial charge is 0.380 e. The molecule has 1 aliphatic rings. The van der Waals surface area contributed by atoms with Crippen molar-refractivity contribution in [3.63, 3.8) is 0 Å². The van der Waals surface area contributed by atoms with E-state index in [1.165, 1.54) is 4.90 Å². The fraction of sp³-hybridized carbons (Fsp3) is 0.438. The standard InChI is InChI=1S/C23H28ClN3O4S.C7H12.C2H6/c1-2-5-16-14-17(32-15-16)8-9-25-22(30)20(28)21(29)23(31)27-12-10-26(11-13-27)19-7-4-3-6-18(19)24;1-3-5-7-6-4-2;1-2/h2-7,14-15,20-21,28-29H,8-13H2,1H3,(H,25,30);3,5-7H,4H2,1-2H3;1-2H3/b5-2+;5-3-,7-6-;/t20?,21-;;/m1../s1. The molecular weight excluding hydrogens is 558 g/mol. The number of nitrogens with one attached hydrogen (secondary N) is 1. The molecule has 1 unspecified atom stereocenters. The minimum absolute atomic E-state index is 0.309. The Hall–Kier alpha value is -2.91. The Labute approximate surface area is 254 Å². The van der Waals surface area contributed by atoms with E-state index in [4.69, 9.17) is 11.6 Å². The molecule has 2 aromatic rings. The average molecular weight is 604 g/mol. The molecular formula is C32H46ClN3O4S. The Morgan fingerprint density at radius 3 is 2.34 bits per heavy atom. The second-order valence-corrected chi connectivity index (χ2v) is 10.3. The van der Waals surface area contributed by atoms with Crippen molar-refractivity contribution in [1.29, 1.82) is 0 Å². The minimum atomic E-state index is -1.81. The van der Waals surface area contributed by atoms with E-state index in [1.807, 2.05) is 87.7 Å². The zero-order chi connectivity index (χ0) is 30.6. The second-order valence-electron chi connectivity index (χ2n) is 8.90. The summed E-state index contributed by atoms with van der Waals surface area (Å²) < 4.78 is 0. The van der Waals surface area contributed by atoms with Gasteiger partial charge in [-0.2, -0.15) is 0 Å². The van der Waals surface area contributed by atoms with Gasteiger partial charge in [-0.15, -0.1) is 11.3 Å². The summed E-state index contributed by atoms with van der Waals surface area (Å²) >= 11 is 7.83. The summed E-state index contributed by atoms with van der Waals surface area (Å²) in [5.74, 6) is -1.41. The number of benzene rings is 1. The lowest BCUT2D eigenvalue weighted by Gasteiger charge is -2.37. The molecule has 0 bridgehead atoms. The Kier molecular flexibility index (Phi) is 18.4. The van der Waals surface area contributed by atoms with Crippen LogP contribution in [0.4, 0.5) is 5.69 Å². The Bertz CT molecular complexity index is 1120. The van der Waals surface area contributed by atoms with E-state index in [0.717, 1.165) is 22.5 Å². The zero-order valence-corrected chi connectivity index (χ0v) is 26.5. The Balaban J connectivity index is 0.000000816. The highest BCUT2D eigenvalue weighted by atomic mass is 35.5. The lowest BCUT2D eigenvalue weighted by molar-refractivity contribution is -0.153. The number of anilines is 1. The third-order valence-corrected chi connectivity index (χ3v) is 7.32. The zero-order valence-electron chi connectivity index (χ0n) is 24.9. The van der Waals surface area contributed by atoms with Crippen LogP contribution in [0.1, 0.15) is 51.5 Å².